The van der Waals surface area contributed by atoms with Gasteiger partial charge in [-0.25, -0.2) is 9.78 Å². The Bertz CT molecular complexity index is 638. The first-order valence-corrected chi connectivity index (χ1v) is 10.4. The number of likely N-dealkylation sites (tertiary alicyclic amines) is 1. The Balaban J connectivity index is 2.08. The molecule has 3 atom stereocenters. The number of β-amino-alcohol motifs (C(OH)–C–C–N with tert-alkyl or cyclic N) is 1. The van der Waals surface area contributed by atoms with Gasteiger partial charge in [-0.3, -0.25) is 0 Å². The van der Waals surface area contributed by atoms with Gasteiger partial charge in [-0.15, -0.1) is 0 Å². The van der Waals surface area contributed by atoms with E-state index in [0.29, 0.717) is 10.0 Å². The number of hydrogen-bond donors (Lipinski definition) is 2. The van der Waals surface area contributed by atoms with Crippen LogP contribution < -0.4 is 0 Å². The van der Waals surface area contributed by atoms with Gasteiger partial charge in [0.15, 0.2) is 0 Å². The molecule has 8 heteroatoms. The quantitative estimate of drug-likeness (QED) is 0.737. The summed E-state index contributed by atoms with van der Waals surface area (Å²) in [5.74, 6) is 0. The number of hydrogen-bond acceptors (Lipinski definition) is 6. The smallest absolute Gasteiger partial charge is 0.410 e. The van der Waals surface area contributed by atoms with Gasteiger partial charge in [0.2, 0.25) is 0 Å². The minimum Gasteiger partial charge on any atom is -0.446 e. The molecule has 2 heterocycles. The van der Waals surface area contributed by atoms with Crippen LogP contribution in [0.2, 0.25) is 5.02 Å². The molecule has 0 aliphatic carbocycles. The van der Waals surface area contributed by atoms with E-state index in [1.54, 1.807) is 12.1 Å². The van der Waals surface area contributed by atoms with Gasteiger partial charge in [0.05, 0.1) is 28.5 Å². The van der Waals surface area contributed by atoms with Gasteiger partial charge in [0, 0.05) is 12.7 Å². The second kappa shape index (κ2) is 8.99. The van der Waals surface area contributed by atoms with Crippen molar-refractivity contribution in [3.63, 3.8) is 0 Å². The molecule has 1 aliphatic heterocycles. The fraction of sp³-hybridized carbons (Fsp3) is 0.684. The van der Waals surface area contributed by atoms with Crippen molar-refractivity contribution in [2.75, 3.05) is 19.7 Å². The lowest BCUT2D eigenvalue weighted by Crippen LogP contribution is -2.44. The number of carbonyl (C=O) groups is 1. The Labute approximate surface area is 170 Å². The molecule has 0 bridgehead atoms. The number of amides is 1. The molecular formula is C19H29ClN2O4S. The molecule has 0 spiro atoms. The average Bonchev–Trinajstić information content (AvgIpc) is 2.93. The van der Waals surface area contributed by atoms with E-state index in [0.717, 1.165) is 12.8 Å². The monoisotopic (exact) mass is 416 g/mol. The highest BCUT2D eigenvalue weighted by molar-refractivity contribution is 8.00. The third-order valence-corrected chi connectivity index (χ3v) is 6.28. The van der Waals surface area contributed by atoms with Gasteiger partial charge in [-0.05, 0) is 24.0 Å². The highest BCUT2D eigenvalue weighted by atomic mass is 35.5. The van der Waals surface area contributed by atoms with Crippen LogP contribution in [0, 0.1) is 5.41 Å². The highest BCUT2D eigenvalue weighted by Crippen LogP contribution is 2.36. The van der Waals surface area contributed by atoms with Crippen molar-refractivity contribution in [3.05, 3.63) is 23.4 Å². The third-order valence-electron chi connectivity index (χ3n) is 4.71. The van der Waals surface area contributed by atoms with Crippen LogP contribution in [0.1, 0.15) is 40.5 Å². The lowest BCUT2D eigenvalue weighted by Gasteiger charge is -2.31. The van der Waals surface area contributed by atoms with E-state index < -0.39 is 23.6 Å². The molecule has 1 aliphatic rings. The molecule has 6 nitrogen and oxygen atoms in total. The summed E-state index contributed by atoms with van der Waals surface area (Å²) in [6, 6.07) is 3.47. The van der Waals surface area contributed by atoms with E-state index in [1.165, 1.54) is 22.9 Å². The number of pyridine rings is 1. The zero-order chi connectivity index (χ0) is 20.2. The molecule has 0 saturated carbocycles. The van der Waals surface area contributed by atoms with Crippen molar-refractivity contribution in [3.8, 4) is 0 Å². The average molecular weight is 417 g/mol. The predicted molar refractivity (Wildman–Crippen MR) is 107 cm³/mol. The molecule has 2 rings (SSSR count). The van der Waals surface area contributed by atoms with Crippen molar-refractivity contribution in [1.29, 1.82) is 0 Å². The van der Waals surface area contributed by atoms with Crippen molar-refractivity contribution >= 4 is 29.5 Å². The second-order valence-corrected chi connectivity index (χ2v) is 9.75. The summed E-state index contributed by atoms with van der Waals surface area (Å²) in [5, 5.41) is 21.3. The number of thioether (sulfide) groups is 1. The number of carbonyl (C=O) groups excluding carboxylic acids is 1. The van der Waals surface area contributed by atoms with Crippen molar-refractivity contribution in [1.82, 2.24) is 9.88 Å². The van der Waals surface area contributed by atoms with Crippen LogP contribution in [0.5, 0.6) is 0 Å². The van der Waals surface area contributed by atoms with E-state index in [4.69, 9.17) is 16.3 Å². The molecular weight excluding hydrogens is 388 g/mol. The number of aliphatic hydroxyl groups is 2. The molecule has 1 fully saturated rings. The zero-order valence-corrected chi connectivity index (χ0v) is 17.9. The summed E-state index contributed by atoms with van der Waals surface area (Å²) in [7, 11) is 0. The molecule has 1 aromatic rings. The van der Waals surface area contributed by atoms with E-state index in [2.05, 4.69) is 11.9 Å². The largest absolute Gasteiger partial charge is 0.446 e. The Hall–Kier alpha value is -1.02. The topological polar surface area (TPSA) is 82.9 Å². The van der Waals surface area contributed by atoms with Gasteiger partial charge < -0.3 is 19.8 Å². The van der Waals surface area contributed by atoms with Crippen LogP contribution in [0.15, 0.2) is 23.4 Å². The molecule has 0 aromatic carbocycles. The van der Waals surface area contributed by atoms with Crippen LogP contribution >= 0.6 is 23.4 Å². The van der Waals surface area contributed by atoms with Crippen LogP contribution in [0.3, 0.4) is 0 Å². The Morgan fingerprint density at radius 3 is 2.74 bits per heavy atom. The standard InChI is InChI=1S/C19H29ClN2O4S/c1-5-6-14(18(2,3)4)26-17(24)22-10-15(19(25,11-22)12-23)27-16-8-7-13(20)9-21-16/h7-9,14-15,23,25H,5-6,10-12H2,1-4H3/t14?,15-,19?/m0/s1. The molecule has 27 heavy (non-hydrogen) atoms. The lowest BCUT2D eigenvalue weighted by molar-refractivity contribution is -0.0146. The maximum atomic E-state index is 12.7. The van der Waals surface area contributed by atoms with Gasteiger partial charge in [-0.1, -0.05) is 57.5 Å². The summed E-state index contributed by atoms with van der Waals surface area (Å²) in [6.45, 7) is 8.03. The first-order chi connectivity index (χ1) is 12.6. The Morgan fingerprint density at radius 1 is 1.52 bits per heavy atom. The number of rotatable bonds is 6. The van der Waals surface area contributed by atoms with Crippen molar-refractivity contribution in [2.24, 2.45) is 5.41 Å². The number of aromatic nitrogens is 1. The molecule has 0 radical (unpaired) electrons. The summed E-state index contributed by atoms with van der Waals surface area (Å²) >= 11 is 7.17. The summed E-state index contributed by atoms with van der Waals surface area (Å²) in [4.78, 5) is 18.4. The summed E-state index contributed by atoms with van der Waals surface area (Å²) in [5.41, 5.74) is -1.58. The maximum Gasteiger partial charge on any atom is 0.410 e. The van der Waals surface area contributed by atoms with E-state index in [9.17, 15) is 15.0 Å². The molecule has 2 N–H and O–H groups in total. The minimum atomic E-state index is -1.41. The van der Waals surface area contributed by atoms with Crippen LogP contribution in [-0.2, 0) is 4.74 Å². The normalized spacial score (nSPS) is 24.1. The van der Waals surface area contributed by atoms with Crippen LogP contribution in [-0.4, -0.2) is 62.8 Å². The molecule has 152 valence electrons. The maximum absolute atomic E-state index is 12.7. The number of ether oxygens (including phenoxy) is 1. The molecule has 1 saturated heterocycles. The van der Waals surface area contributed by atoms with Gasteiger partial charge in [0.25, 0.3) is 0 Å². The van der Waals surface area contributed by atoms with Crippen LogP contribution in [0.4, 0.5) is 4.79 Å². The Kier molecular flexibility index (Phi) is 7.41. The first kappa shape index (κ1) is 22.3. The molecule has 1 aromatic heterocycles. The first-order valence-electron chi connectivity index (χ1n) is 9.16. The molecule has 2 unspecified atom stereocenters. The van der Waals surface area contributed by atoms with Gasteiger partial charge in [-0.2, -0.15) is 0 Å². The van der Waals surface area contributed by atoms with Gasteiger partial charge >= 0.3 is 6.09 Å². The van der Waals surface area contributed by atoms with Crippen molar-refractivity contribution in [2.45, 2.75) is 62.5 Å². The molecule has 1 amide bonds. The van der Waals surface area contributed by atoms with E-state index in [-0.39, 0.29) is 24.6 Å². The number of halogens is 1. The highest BCUT2D eigenvalue weighted by Gasteiger charge is 2.48. The SMILES string of the molecule is CCCC(OC(=O)N1C[C@H](Sc2ccc(Cl)cn2)C(O)(CO)C1)C(C)(C)C. The number of aliphatic hydroxyl groups excluding tert-OH is 1. The minimum absolute atomic E-state index is 0.0244. The fourth-order valence-corrected chi connectivity index (χ4v) is 4.30. The zero-order valence-electron chi connectivity index (χ0n) is 16.3. The van der Waals surface area contributed by atoms with Crippen molar-refractivity contribution < 1.29 is 19.7 Å². The number of nitrogens with zero attached hydrogens (tertiary/aromatic N) is 2. The Morgan fingerprint density at radius 2 is 2.22 bits per heavy atom. The van der Waals surface area contributed by atoms with E-state index in [1.807, 2.05) is 20.8 Å². The predicted octanol–water partition coefficient (Wildman–Crippen LogP) is 3.59. The summed E-state index contributed by atoms with van der Waals surface area (Å²) < 4.78 is 5.74. The third kappa shape index (κ3) is 5.73. The van der Waals surface area contributed by atoms with Crippen LogP contribution in [0.25, 0.3) is 0 Å². The van der Waals surface area contributed by atoms with E-state index >= 15 is 0 Å². The second-order valence-electron chi connectivity index (χ2n) is 8.09. The summed E-state index contributed by atoms with van der Waals surface area (Å²) in [6.07, 6.45) is 2.56. The fourth-order valence-electron chi connectivity index (χ4n) is 3.01. The lowest BCUT2D eigenvalue weighted by atomic mass is 9.86. The van der Waals surface area contributed by atoms with Gasteiger partial charge in [0.1, 0.15) is 11.7 Å².